The number of hydrogen-bond donors (Lipinski definition) is 2. The fourth-order valence-corrected chi connectivity index (χ4v) is 2.42. The molecule has 1 amide bonds. The maximum atomic E-state index is 12.4. The molecule has 28 heavy (non-hydrogen) atoms. The topological polar surface area (TPSA) is 68.8 Å². The molecule has 0 saturated heterocycles. The SMILES string of the molecule is COCCOc1ccc(NC(=S)NC(=O)c2cccc(OCC(C)C)c2)cc1. The molecule has 7 heteroatoms. The van der Waals surface area contributed by atoms with E-state index in [-0.39, 0.29) is 11.0 Å². The van der Waals surface area contributed by atoms with Gasteiger partial charge >= 0.3 is 0 Å². The molecule has 0 bridgehead atoms. The Hall–Kier alpha value is -2.64. The molecule has 150 valence electrons. The van der Waals surface area contributed by atoms with Gasteiger partial charge in [0.25, 0.3) is 5.91 Å². The highest BCUT2D eigenvalue weighted by molar-refractivity contribution is 7.80. The van der Waals surface area contributed by atoms with Crippen LogP contribution in [0.5, 0.6) is 11.5 Å². The first-order valence-electron chi connectivity index (χ1n) is 9.05. The Kier molecular flexibility index (Phi) is 8.71. The first-order valence-corrected chi connectivity index (χ1v) is 9.45. The van der Waals surface area contributed by atoms with Gasteiger partial charge in [-0.25, -0.2) is 0 Å². The minimum absolute atomic E-state index is 0.214. The van der Waals surface area contributed by atoms with E-state index in [1.165, 1.54) is 0 Å². The lowest BCUT2D eigenvalue weighted by atomic mass is 10.2. The number of thiocarbonyl (C=S) groups is 1. The summed E-state index contributed by atoms with van der Waals surface area (Å²) in [6.07, 6.45) is 0. The van der Waals surface area contributed by atoms with Gasteiger partial charge in [0.2, 0.25) is 0 Å². The number of benzene rings is 2. The van der Waals surface area contributed by atoms with E-state index in [1.807, 2.05) is 30.3 Å². The van der Waals surface area contributed by atoms with E-state index in [9.17, 15) is 4.79 Å². The van der Waals surface area contributed by atoms with Gasteiger partial charge in [0.1, 0.15) is 18.1 Å². The van der Waals surface area contributed by atoms with Gasteiger partial charge in [-0.1, -0.05) is 19.9 Å². The Bertz CT molecular complexity index is 778. The molecule has 2 aromatic rings. The molecule has 0 aliphatic heterocycles. The predicted molar refractivity (Wildman–Crippen MR) is 114 cm³/mol. The maximum absolute atomic E-state index is 12.4. The Morgan fingerprint density at radius 3 is 2.46 bits per heavy atom. The fourth-order valence-electron chi connectivity index (χ4n) is 2.20. The molecule has 0 unspecified atom stereocenters. The second kappa shape index (κ2) is 11.3. The first kappa shape index (κ1) is 21.7. The molecule has 0 aromatic heterocycles. The van der Waals surface area contributed by atoms with Crippen molar-refractivity contribution in [3.63, 3.8) is 0 Å². The molecule has 0 aliphatic rings. The summed E-state index contributed by atoms with van der Waals surface area (Å²) in [6, 6.07) is 14.3. The molecule has 0 aliphatic carbocycles. The molecular formula is C21H26N2O4S. The van der Waals surface area contributed by atoms with Gasteiger partial charge in [-0.15, -0.1) is 0 Å². The van der Waals surface area contributed by atoms with Crippen LogP contribution in [0.25, 0.3) is 0 Å². The molecule has 2 aromatic carbocycles. The summed E-state index contributed by atoms with van der Waals surface area (Å²) < 4.78 is 16.1. The smallest absolute Gasteiger partial charge is 0.257 e. The van der Waals surface area contributed by atoms with Crippen LogP contribution >= 0.6 is 12.2 Å². The lowest BCUT2D eigenvalue weighted by Crippen LogP contribution is -2.34. The highest BCUT2D eigenvalue weighted by Crippen LogP contribution is 2.16. The first-order chi connectivity index (χ1) is 13.5. The minimum Gasteiger partial charge on any atom is -0.493 e. The van der Waals surface area contributed by atoms with Gasteiger partial charge in [-0.3, -0.25) is 10.1 Å². The van der Waals surface area contributed by atoms with Crippen molar-refractivity contribution in [2.75, 3.05) is 32.2 Å². The summed E-state index contributed by atoms with van der Waals surface area (Å²) in [6.45, 7) is 5.74. The number of nitrogens with one attached hydrogen (secondary N) is 2. The fraction of sp³-hybridized carbons (Fsp3) is 0.333. The second-order valence-electron chi connectivity index (χ2n) is 6.51. The largest absolute Gasteiger partial charge is 0.493 e. The molecule has 0 atom stereocenters. The third kappa shape index (κ3) is 7.54. The van der Waals surface area contributed by atoms with Crippen molar-refractivity contribution in [2.24, 2.45) is 5.92 Å². The van der Waals surface area contributed by atoms with Gasteiger partial charge in [0.05, 0.1) is 13.2 Å². The predicted octanol–water partition coefficient (Wildman–Crippen LogP) is 3.87. The van der Waals surface area contributed by atoms with Crippen LogP contribution in [0.15, 0.2) is 48.5 Å². The third-order valence-electron chi connectivity index (χ3n) is 3.57. The molecule has 0 spiro atoms. The Labute approximate surface area is 171 Å². The standard InChI is InChI=1S/C21H26N2O4S/c1-15(2)14-27-19-6-4-5-16(13-19)20(24)23-21(28)22-17-7-9-18(10-8-17)26-12-11-25-3/h4-10,13,15H,11-12,14H2,1-3H3,(H2,22,23,24,28). The molecular weight excluding hydrogens is 376 g/mol. The van der Waals surface area contributed by atoms with Crippen molar-refractivity contribution in [3.8, 4) is 11.5 Å². The zero-order valence-electron chi connectivity index (χ0n) is 16.4. The van der Waals surface area contributed by atoms with Gasteiger partial charge < -0.3 is 19.5 Å². The number of anilines is 1. The van der Waals surface area contributed by atoms with Crippen molar-refractivity contribution >= 4 is 28.9 Å². The van der Waals surface area contributed by atoms with Gasteiger partial charge in [0, 0.05) is 18.4 Å². The van der Waals surface area contributed by atoms with Gasteiger partial charge in [0.15, 0.2) is 5.11 Å². The van der Waals surface area contributed by atoms with Crippen molar-refractivity contribution in [3.05, 3.63) is 54.1 Å². The minimum atomic E-state index is -0.299. The van der Waals surface area contributed by atoms with Crippen LogP contribution in [0.4, 0.5) is 5.69 Å². The van der Waals surface area contributed by atoms with E-state index in [4.69, 9.17) is 26.4 Å². The van der Waals surface area contributed by atoms with Crippen LogP contribution in [0, 0.1) is 5.92 Å². The van der Waals surface area contributed by atoms with Crippen LogP contribution < -0.4 is 20.1 Å². The van der Waals surface area contributed by atoms with Crippen LogP contribution in [0.3, 0.4) is 0 Å². The zero-order chi connectivity index (χ0) is 20.4. The van der Waals surface area contributed by atoms with Gasteiger partial charge in [-0.05, 0) is 60.6 Å². The van der Waals surface area contributed by atoms with Crippen LogP contribution in [0.1, 0.15) is 24.2 Å². The molecule has 2 N–H and O–H groups in total. The Morgan fingerprint density at radius 2 is 1.79 bits per heavy atom. The van der Waals surface area contributed by atoms with Crippen molar-refractivity contribution < 1.29 is 19.0 Å². The van der Waals surface area contributed by atoms with E-state index in [0.29, 0.717) is 37.1 Å². The van der Waals surface area contributed by atoms with E-state index in [1.54, 1.807) is 25.3 Å². The molecule has 6 nitrogen and oxygen atoms in total. The van der Waals surface area contributed by atoms with E-state index >= 15 is 0 Å². The van der Waals surface area contributed by atoms with E-state index < -0.39 is 0 Å². The average Bonchev–Trinajstić information content (AvgIpc) is 2.68. The molecule has 0 radical (unpaired) electrons. The molecule has 2 rings (SSSR count). The average molecular weight is 403 g/mol. The van der Waals surface area contributed by atoms with Crippen LogP contribution in [0.2, 0.25) is 0 Å². The number of hydrogen-bond acceptors (Lipinski definition) is 5. The third-order valence-corrected chi connectivity index (χ3v) is 3.78. The summed E-state index contributed by atoms with van der Waals surface area (Å²) in [7, 11) is 1.63. The second-order valence-corrected chi connectivity index (χ2v) is 6.91. The number of carbonyl (C=O) groups is 1. The summed E-state index contributed by atoms with van der Waals surface area (Å²) in [5, 5.41) is 5.87. The van der Waals surface area contributed by atoms with Crippen LogP contribution in [-0.4, -0.2) is 38.0 Å². The van der Waals surface area contributed by atoms with E-state index in [2.05, 4.69) is 24.5 Å². The quantitative estimate of drug-likeness (QED) is 0.490. The van der Waals surface area contributed by atoms with Crippen molar-refractivity contribution in [1.82, 2.24) is 5.32 Å². The Morgan fingerprint density at radius 1 is 1.04 bits per heavy atom. The zero-order valence-corrected chi connectivity index (χ0v) is 17.2. The van der Waals surface area contributed by atoms with Crippen molar-refractivity contribution in [1.29, 1.82) is 0 Å². The summed E-state index contributed by atoms with van der Waals surface area (Å²) in [5.74, 6) is 1.50. The maximum Gasteiger partial charge on any atom is 0.257 e. The van der Waals surface area contributed by atoms with Gasteiger partial charge in [-0.2, -0.15) is 0 Å². The lowest BCUT2D eigenvalue weighted by molar-refractivity contribution is 0.0977. The number of ether oxygens (including phenoxy) is 3. The Balaban J connectivity index is 1.87. The molecule has 0 heterocycles. The number of rotatable bonds is 9. The number of methoxy groups -OCH3 is 1. The number of carbonyl (C=O) groups excluding carboxylic acids is 1. The molecule has 0 saturated carbocycles. The molecule has 0 fully saturated rings. The normalized spacial score (nSPS) is 10.4. The van der Waals surface area contributed by atoms with Crippen LogP contribution in [-0.2, 0) is 4.74 Å². The monoisotopic (exact) mass is 402 g/mol. The van der Waals surface area contributed by atoms with E-state index in [0.717, 1.165) is 11.4 Å². The highest BCUT2D eigenvalue weighted by atomic mass is 32.1. The summed E-state index contributed by atoms with van der Waals surface area (Å²) >= 11 is 5.23. The highest BCUT2D eigenvalue weighted by Gasteiger charge is 2.09. The van der Waals surface area contributed by atoms with Crippen molar-refractivity contribution in [2.45, 2.75) is 13.8 Å². The summed E-state index contributed by atoms with van der Waals surface area (Å²) in [5.41, 5.74) is 1.23. The summed E-state index contributed by atoms with van der Waals surface area (Å²) in [4.78, 5) is 12.4. The number of amides is 1. The lowest BCUT2D eigenvalue weighted by Gasteiger charge is -2.12.